The molecule has 1 N–H and O–H groups in total. The lowest BCUT2D eigenvalue weighted by molar-refractivity contribution is 0.397. The number of fused-ring (bicyclic) bond motifs is 1. The molecular formula is C10H17N3. The van der Waals surface area contributed by atoms with Gasteiger partial charge in [-0.05, 0) is 25.8 Å². The summed E-state index contributed by atoms with van der Waals surface area (Å²) in [6.07, 6.45) is 4.48. The van der Waals surface area contributed by atoms with Crippen molar-refractivity contribution in [2.24, 2.45) is 5.92 Å². The van der Waals surface area contributed by atoms with Crippen molar-refractivity contribution < 1.29 is 0 Å². The van der Waals surface area contributed by atoms with Gasteiger partial charge in [-0.25, -0.2) is 4.98 Å². The fraction of sp³-hybridized carbons (Fsp3) is 0.700. The molecule has 0 aliphatic carbocycles. The Balaban J connectivity index is 2.23. The summed E-state index contributed by atoms with van der Waals surface area (Å²) in [7, 11) is 1.97. The fourth-order valence-corrected chi connectivity index (χ4v) is 2.02. The van der Waals surface area contributed by atoms with Gasteiger partial charge in [-0.1, -0.05) is 6.92 Å². The van der Waals surface area contributed by atoms with Crippen LogP contribution in [0.1, 0.15) is 24.7 Å². The number of nitrogens with zero attached hydrogens (tertiary/aromatic N) is 2. The number of hydrogen-bond donors (Lipinski definition) is 1. The highest BCUT2D eigenvalue weighted by Crippen LogP contribution is 2.21. The predicted molar refractivity (Wildman–Crippen MR) is 52.5 cm³/mol. The molecule has 1 aromatic heterocycles. The van der Waals surface area contributed by atoms with Crippen molar-refractivity contribution in [3.63, 3.8) is 0 Å². The zero-order chi connectivity index (χ0) is 9.26. The van der Waals surface area contributed by atoms with Crippen molar-refractivity contribution in [1.82, 2.24) is 14.9 Å². The zero-order valence-electron chi connectivity index (χ0n) is 8.38. The van der Waals surface area contributed by atoms with Crippen molar-refractivity contribution in [2.75, 3.05) is 7.05 Å². The maximum Gasteiger partial charge on any atom is 0.0952 e. The van der Waals surface area contributed by atoms with Gasteiger partial charge in [0.25, 0.3) is 0 Å². The molecule has 1 aromatic rings. The average molecular weight is 179 g/mol. The molecule has 0 saturated carbocycles. The molecule has 1 aliphatic heterocycles. The molecule has 1 atom stereocenters. The molecular weight excluding hydrogens is 162 g/mol. The highest BCUT2D eigenvalue weighted by molar-refractivity contribution is 5.15. The Morgan fingerprint density at radius 1 is 1.69 bits per heavy atom. The van der Waals surface area contributed by atoms with Crippen LogP contribution in [0.2, 0.25) is 0 Å². The Kier molecular flexibility index (Phi) is 2.36. The maximum atomic E-state index is 4.42. The van der Waals surface area contributed by atoms with Gasteiger partial charge in [0.15, 0.2) is 0 Å². The molecule has 0 saturated heterocycles. The van der Waals surface area contributed by atoms with Gasteiger partial charge in [-0.2, -0.15) is 0 Å². The molecule has 3 heteroatoms. The third kappa shape index (κ3) is 1.61. The molecule has 2 rings (SSSR count). The Hall–Kier alpha value is -0.830. The van der Waals surface area contributed by atoms with E-state index in [9.17, 15) is 0 Å². The van der Waals surface area contributed by atoms with Crippen molar-refractivity contribution in [1.29, 1.82) is 0 Å². The number of nitrogens with one attached hydrogen (secondary N) is 1. The molecule has 0 spiro atoms. The van der Waals surface area contributed by atoms with Gasteiger partial charge >= 0.3 is 0 Å². The van der Waals surface area contributed by atoms with Crippen molar-refractivity contribution in [3.8, 4) is 0 Å². The van der Waals surface area contributed by atoms with E-state index in [-0.39, 0.29) is 0 Å². The van der Waals surface area contributed by atoms with Crippen LogP contribution in [0.15, 0.2) is 6.33 Å². The summed E-state index contributed by atoms with van der Waals surface area (Å²) in [5.74, 6) is 0.809. The van der Waals surface area contributed by atoms with Crippen molar-refractivity contribution in [2.45, 2.75) is 32.9 Å². The van der Waals surface area contributed by atoms with Crippen LogP contribution in [0.5, 0.6) is 0 Å². The molecule has 3 nitrogen and oxygen atoms in total. The van der Waals surface area contributed by atoms with E-state index in [1.54, 1.807) is 0 Å². The predicted octanol–water partition coefficient (Wildman–Crippen LogP) is 1.18. The summed E-state index contributed by atoms with van der Waals surface area (Å²) in [4.78, 5) is 4.42. The number of imidazole rings is 1. The smallest absolute Gasteiger partial charge is 0.0952 e. The van der Waals surface area contributed by atoms with E-state index in [2.05, 4.69) is 21.8 Å². The van der Waals surface area contributed by atoms with Crippen LogP contribution in [-0.4, -0.2) is 16.6 Å². The lowest BCUT2D eigenvalue weighted by atomic mass is 9.99. The van der Waals surface area contributed by atoms with Crippen LogP contribution in [-0.2, 0) is 19.5 Å². The lowest BCUT2D eigenvalue weighted by Crippen LogP contribution is -2.18. The quantitative estimate of drug-likeness (QED) is 0.739. The Morgan fingerprint density at radius 2 is 2.54 bits per heavy atom. The normalized spacial score (nSPS) is 21.5. The molecule has 0 aromatic carbocycles. The van der Waals surface area contributed by atoms with Gasteiger partial charge in [-0.15, -0.1) is 0 Å². The molecule has 1 aliphatic rings. The molecule has 2 heterocycles. The van der Waals surface area contributed by atoms with Gasteiger partial charge in [-0.3, -0.25) is 0 Å². The van der Waals surface area contributed by atoms with Gasteiger partial charge in [0.2, 0.25) is 0 Å². The first-order valence-corrected chi connectivity index (χ1v) is 4.98. The van der Waals surface area contributed by atoms with E-state index in [1.807, 2.05) is 13.4 Å². The van der Waals surface area contributed by atoms with E-state index < -0.39 is 0 Å². The standard InChI is InChI=1S/C10H17N3/c1-8-3-4-10-9(5-11-2)12-7-13(10)6-8/h7-8,11H,3-6H2,1-2H3. The largest absolute Gasteiger partial charge is 0.334 e. The van der Waals surface area contributed by atoms with Crippen LogP contribution >= 0.6 is 0 Å². The minimum atomic E-state index is 0.809. The SMILES string of the molecule is CNCc1ncn2c1CCC(C)C2. The van der Waals surface area contributed by atoms with Crippen molar-refractivity contribution >= 4 is 0 Å². The number of rotatable bonds is 2. The molecule has 1 unspecified atom stereocenters. The fourth-order valence-electron chi connectivity index (χ4n) is 2.02. The molecule has 0 amide bonds. The summed E-state index contributed by atoms with van der Waals surface area (Å²) in [5, 5.41) is 3.16. The zero-order valence-corrected chi connectivity index (χ0v) is 8.38. The van der Waals surface area contributed by atoms with Gasteiger partial charge in [0.05, 0.1) is 12.0 Å². The van der Waals surface area contributed by atoms with Gasteiger partial charge in [0, 0.05) is 18.8 Å². The first-order chi connectivity index (χ1) is 6.31. The third-order valence-corrected chi connectivity index (χ3v) is 2.76. The Morgan fingerprint density at radius 3 is 3.31 bits per heavy atom. The van der Waals surface area contributed by atoms with Gasteiger partial charge < -0.3 is 9.88 Å². The maximum absolute atomic E-state index is 4.42. The summed E-state index contributed by atoms with van der Waals surface area (Å²) in [6, 6.07) is 0. The molecule has 0 radical (unpaired) electrons. The Labute approximate surface area is 79.2 Å². The summed E-state index contributed by atoms with van der Waals surface area (Å²) >= 11 is 0. The van der Waals surface area contributed by atoms with E-state index >= 15 is 0 Å². The molecule has 0 bridgehead atoms. The Bertz CT molecular complexity index is 277. The molecule has 13 heavy (non-hydrogen) atoms. The van der Waals surface area contributed by atoms with E-state index in [4.69, 9.17) is 0 Å². The lowest BCUT2D eigenvalue weighted by Gasteiger charge is -2.21. The van der Waals surface area contributed by atoms with Crippen molar-refractivity contribution in [3.05, 3.63) is 17.7 Å². The second kappa shape index (κ2) is 3.50. The van der Waals surface area contributed by atoms with Crippen LogP contribution in [0, 0.1) is 5.92 Å². The highest BCUT2D eigenvalue weighted by atomic mass is 15.1. The minimum Gasteiger partial charge on any atom is -0.334 e. The second-order valence-corrected chi connectivity index (χ2v) is 3.96. The monoisotopic (exact) mass is 179 g/mol. The van der Waals surface area contributed by atoms with E-state index in [0.29, 0.717) is 0 Å². The van der Waals surface area contributed by atoms with E-state index in [0.717, 1.165) is 19.0 Å². The van der Waals surface area contributed by atoms with Crippen LogP contribution in [0.4, 0.5) is 0 Å². The first kappa shape index (κ1) is 8.75. The minimum absolute atomic E-state index is 0.809. The summed E-state index contributed by atoms with van der Waals surface area (Å²) < 4.78 is 2.31. The number of hydrogen-bond acceptors (Lipinski definition) is 2. The van der Waals surface area contributed by atoms with Gasteiger partial charge in [0.1, 0.15) is 0 Å². The van der Waals surface area contributed by atoms with Crippen LogP contribution in [0.25, 0.3) is 0 Å². The third-order valence-electron chi connectivity index (χ3n) is 2.76. The summed E-state index contributed by atoms with van der Waals surface area (Å²) in [6.45, 7) is 4.35. The molecule has 72 valence electrons. The second-order valence-electron chi connectivity index (χ2n) is 3.96. The number of aromatic nitrogens is 2. The van der Waals surface area contributed by atoms with Crippen LogP contribution < -0.4 is 5.32 Å². The average Bonchev–Trinajstić information content (AvgIpc) is 2.49. The first-order valence-electron chi connectivity index (χ1n) is 4.98. The summed E-state index contributed by atoms with van der Waals surface area (Å²) in [5.41, 5.74) is 2.67. The van der Waals surface area contributed by atoms with Crippen LogP contribution in [0.3, 0.4) is 0 Å². The highest BCUT2D eigenvalue weighted by Gasteiger charge is 2.17. The van der Waals surface area contributed by atoms with E-state index in [1.165, 1.54) is 24.2 Å². The topological polar surface area (TPSA) is 29.9 Å². The molecule has 0 fully saturated rings.